The molecule has 0 radical (unpaired) electrons. The van der Waals surface area contributed by atoms with Gasteiger partial charge in [-0.05, 0) is 18.2 Å². The number of aryl methyl sites for hydroxylation is 1. The Labute approximate surface area is 108 Å². The van der Waals surface area contributed by atoms with Crippen LogP contribution in [0.2, 0.25) is 0 Å². The molecule has 0 amide bonds. The second-order valence-corrected chi connectivity index (χ2v) is 4.72. The molecule has 4 heteroatoms. The van der Waals surface area contributed by atoms with Crippen LogP contribution in [0.15, 0.2) is 36.7 Å². The van der Waals surface area contributed by atoms with Gasteiger partial charge in [0.15, 0.2) is 0 Å². The van der Waals surface area contributed by atoms with E-state index in [4.69, 9.17) is 5.73 Å². The van der Waals surface area contributed by atoms with Crippen molar-refractivity contribution in [3.05, 3.63) is 53.3 Å². The highest BCUT2D eigenvalue weighted by molar-refractivity contribution is 5.22. The molecule has 0 atom stereocenters. The predicted octanol–water partition coefficient (Wildman–Crippen LogP) is 1.51. The summed E-state index contributed by atoms with van der Waals surface area (Å²) in [5.41, 5.74) is 9.30. The quantitative estimate of drug-likeness (QED) is 0.867. The Morgan fingerprint density at radius 3 is 2.28 bits per heavy atom. The Morgan fingerprint density at radius 1 is 1.11 bits per heavy atom. The molecule has 0 saturated carbocycles. The third-order valence-electron chi connectivity index (χ3n) is 2.92. The topological polar surface area (TPSA) is 47.1 Å². The number of hydrogen-bond acceptors (Lipinski definition) is 3. The zero-order valence-corrected chi connectivity index (χ0v) is 11.0. The SMILES string of the molecule is CN(Cc1ccc(CN)cc1)Cc1cnn(C)c1. The zero-order valence-electron chi connectivity index (χ0n) is 11.0. The fourth-order valence-corrected chi connectivity index (χ4v) is 2.01. The average molecular weight is 244 g/mol. The molecule has 2 aromatic rings. The molecule has 1 aromatic heterocycles. The van der Waals surface area contributed by atoms with Gasteiger partial charge in [0, 0.05) is 38.4 Å². The van der Waals surface area contributed by atoms with Crippen molar-refractivity contribution in [2.45, 2.75) is 19.6 Å². The third kappa shape index (κ3) is 3.42. The average Bonchev–Trinajstić information content (AvgIpc) is 2.75. The lowest BCUT2D eigenvalue weighted by Crippen LogP contribution is -2.16. The van der Waals surface area contributed by atoms with E-state index in [1.54, 1.807) is 0 Å². The van der Waals surface area contributed by atoms with E-state index in [0.29, 0.717) is 6.54 Å². The summed E-state index contributed by atoms with van der Waals surface area (Å²) < 4.78 is 1.83. The van der Waals surface area contributed by atoms with Gasteiger partial charge in [-0.1, -0.05) is 24.3 Å². The normalized spacial score (nSPS) is 11.1. The monoisotopic (exact) mass is 244 g/mol. The molecule has 96 valence electrons. The molecule has 2 rings (SSSR count). The molecule has 1 aromatic carbocycles. The van der Waals surface area contributed by atoms with Crippen molar-refractivity contribution in [1.82, 2.24) is 14.7 Å². The van der Waals surface area contributed by atoms with Crippen LogP contribution in [0.3, 0.4) is 0 Å². The van der Waals surface area contributed by atoms with E-state index in [0.717, 1.165) is 13.1 Å². The van der Waals surface area contributed by atoms with Crippen molar-refractivity contribution in [2.24, 2.45) is 12.8 Å². The molecule has 0 aliphatic carbocycles. The summed E-state index contributed by atoms with van der Waals surface area (Å²) in [6.07, 6.45) is 3.96. The number of nitrogens with zero attached hydrogens (tertiary/aromatic N) is 3. The van der Waals surface area contributed by atoms with Crippen LogP contribution in [0, 0.1) is 0 Å². The fraction of sp³-hybridized carbons (Fsp3) is 0.357. The summed E-state index contributed by atoms with van der Waals surface area (Å²) >= 11 is 0. The Hall–Kier alpha value is -1.65. The van der Waals surface area contributed by atoms with Crippen LogP contribution < -0.4 is 5.73 Å². The van der Waals surface area contributed by atoms with Crippen molar-refractivity contribution >= 4 is 0 Å². The molecule has 0 fully saturated rings. The lowest BCUT2D eigenvalue weighted by Gasteiger charge is -2.15. The molecule has 1 heterocycles. The highest BCUT2D eigenvalue weighted by atomic mass is 15.2. The highest BCUT2D eigenvalue weighted by Gasteiger charge is 2.03. The van der Waals surface area contributed by atoms with Crippen molar-refractivity contribution < 1.29 is 0 Å². The van der Waals surface area contributed by atoms with Crippen molar-refractivity contribution in [3.8, 4) is 0 Å². The molecular weight excluding hydrogens is 224 g/mol. The minimum Gasteiger partial charge on any atom is -0.326 e. The van der Waals surface area contributed by atoms with Gasteiger partial charge in [0.2, 0.25) is 0 Å². The minimum atomic E-state index is 0.603. The van der Waals surface area contributed by atoms with E-state index in [-0.39, 0.29) is 0 Å². The van der Waals surface area contributed by atoms with Crippen LogP contribution in [0.1, 0.15) is 16.7 Å². The van der Waals surface area contributed by atoms with Gasteiger partial charge in [0.25, 0.3) is 0 Å². The van der Waals surface area contributed by atoms with E-state index in [1.807, 2.05) is 24.1 Å². The maximum Gasteiger partial charge on any atom is 0.0534 e. The van der Waals surface area contributed by atoms with Gasteiger partial charge in [-0.25, -0.2) is 0 Å². The number of nitrogens with two attached hydrogens (primary N) is 1. The Morgan fingerprint density at radius 2 is 1.72 bits per heavy atom. The first-order chi connectivity index (χ1) is 8.67. The Balaban J connectivity index is 1.91. The zero-order chi connectivity index (χ0) is 13.0. The van der Waals surface area contributed by atoms with E-state index in [9.17, 15) is 0 Å². The highest BCUT2D eigenvalue weighted by Crippen LogP contribution is 2.09. The summed E-state index contributed by atoms with van der Waals surface area (Å²) in [7, 11) is 4.05. The predicted molar refractivity (Wildman–Crippen MR) is 72.7 cm³/mol. The van der Waals surface area contributed by atoms with Crippen molar-refractivity contribution in [3.63, 3.8) is 0 Å². The second kappa shape index (κ2) is 5.80. The maximum absolute atomic E-state index is 5.59. The largest absolute Gasteiger partial charge is 0.326 e. The Kier molecular flexibility index (Phi) is 4.12. The van der Waals surface area contributed by atoms with E-state index in [2.05, 4.69) is 41.3 Å². The van der Waals surface area contributed by atoms with E-state index >= 15 is 0 Å². The molecule has 4 nitrogen and oxygen atoms in total. The van der Waals surface area contributed by atoms with Gasteiger partial charge in [0.1, 0.15) is 0 Å². The first-order valence-electron chi connectivity index (χ1n) is 6.11. The molecular formula is C14H20N4. The molecule has 0 saturated heterocycles. The van der Waals surface area contributed by atoms with Crippen LogP contribution in [0.25, 0.3) is 0 Å². The van der Waals surface area contributed by atoms with Gasteiger partial charge in [0.05, 0.1) is 6.20 Å². The molecule has 0 aliphatic heterocycles. The van der Waals surface area contributed by atoms with Gasteiger partial charge in [-0.3, -0.25) is 9.58 Å². The van der Waals surface area contributed by atoms with Crippen molar-refractivity contribution in [2.75, 3.05) is 7.05 Å². The van der Waals surface area contributed by atoms with Gasteiger partial charge < -0.3 is 5.73 Å². The molecule has 0 bridgehead atoms. The number of aromatic nitrogens is 2. The lowest BCUT2D eigenvalue weighted by molar-refractivity contribution is 0.319. The lowest BCUT2D eigenvalue weighted by atomic mass is 10.1. The minimum absolute atomic E-state index is 0.603. The fourth-order valence-electron chi connectivity index (χ4n) is 2.01. The van der Waals surface area contributed by atoms with Gasteiger partial charge in [-0.15, -0.1) is 0 Å². The van der Waals surface area contributed by atoms with E-state index in [1.165, 1.54) is 16.7 Å². The van der Waals surface area contributed by atoms with Crippen LogP contribution in [-0.2, 0) is 26.7 Å². The maximum atomic E-state index is 5.59. The summed E-state index contributed by atoms with van der Waals surface area (Å²) in [6, 6.07) is 8.46. The third-order valence-corrected chi connectivity index (χ3v) is 2.92. The van der Waals surface area contributed by atoms with Crippen LogP contribution >= 0.6 is 0 Å². The number of benzene rings is 1. The molecule has 18 heavy (non-hydrogen) atoms. The van der Waals surface area contributed by atoms with Gasteiger partial charge >= 0.3 is 0 Å². The van der Waals surface area contributed by atoms with Crippen LogP contribution in [0.5, 0.6) is 0 Å². The Bertz CT molecular complexity index is 487. The molecule has 0 aliphatic rings. The summed E-state index contributed by atoms with van der Waals surface area (Å²) in [5, 5.41) is 4.18. The van der Waals surface area contributed by atoms with Crippen LogP contribution in [0.4, 0.5) is 0 Å². The number of hydrogen-bond donors (Lipinski definition) is 1. The standard InChI is InChI=1S/C14H20N4/c1-17(10-14-8-16-18(2)11-14)9-13-5-3-12(7-15)4-6-13/h3-6,8,11H,7,9-10,15H2,1-2H3. The summed E-state index contributed by atoms with van der Waals surface area (Å²) in [6.45, 7) is 2.44. The van der Waals surface area contributed by atoms with Crippen molar-refractivity contribution in [1.29, 1.82) is 0 Å². The first-order valence-corrected chi connectivity index (χ1v) is 6.11. The van der Waals surface area contributed by atoms with Gasteiger partial charge in [-0.2, -0.15) is 5.10 Å². The second-order valence-electron chi connectivity index (χ2n) is 4.72. The van der Waals surface area contributed by atoms with E-state index < -0.39 is 0 Å². The summed E-state index contributed by atoms with van der Waals surface area (Å²) in [4.78, 5) is 2.27. The van der Waals surface area contributed by atoms with Crippen LogP contribution in [-0.4, -0.2) is 21.7 Å². The smallest absolute Gasteiger partial charge is 0.0534 e. The first kappa shape index (κ1) is 12.8. The molecule has 0 spiro atoms. The number of rotatable bonds is 5. The summed E-state index contributed by atoms with van der Waals surface area (Å²) in [5.74, 6) is 0. The molecule has 2 N–H and O–H groups in total. The molecule has 0 unspecified atom stereocenters.